The molecule has 10 heteroatoms. The number of nitrogens with one attached hydrogen (secondary N) is 1. The molecule has 2 aromatic carbocycles. The average molecular weight is 510 g/mol. The van der Waals surface area contributed by atoms with Crippen LogP contribution < -0.4 is 4.74 Å². The van der Waals surface area contributed by atoms with Crippen LogP contribution in [0.2, 0.25) is 0 Å². The molecule has 3 aromatic heterocycles. The lowest BCUT2D eigenvalue weighted by Gasteiger charge is -2.25. The van der Waals surface area contributed by atoms with Gasteiger partial charge in [0, 0.05) is 17.7 Å². The molecule has 38 heavy (non-hydrogen) atoms. The molecule has 0 saturated heterocycles. The van der Waals surface area contributed by atoms with Gasteiger partial charge in [-0.05, 0) is 53.4 Å². The Balaban J connectivity index is 1.29. The predicted octanol–water partition coefficient (Wildman–Crippen LogP) is 4.99. The van der Waals surface area contributed by atoms with Gasteiger partial charge in [-0.25, -0.2) is 14.3 Å². The largest absolute Gasteiger partial charge is 0.489 e. The normalized spacial score (nSPS) is 14.0. The smallest absolute Gasteiger partial charge is 0.337 e. The van der Waals surface area contributed by atoms with Crippen LogP contribution in [0.3, 0.4) is 0 Å². The van der Waals surface area contributed by atoms with Gasteiger partial charge in [-0.1, -0.05) is 43.5 Å². The number of fused-ring (bicyclic) bond motifs is 1. The first-order valence-electron chi connectivity index (χ1n) is 12.7. The molecule has 0 bridgehead atoms. The Bertz CT molecular complexity index is 1560. The molecule has 1 fully saturated rings. The topological polar surface area (TPSA) is 120 Å². The quantitative estimate of drug-likeness (QED) is 0.305. The van der Waals surface area contributed by atoms with E-state index in [4.69, 9.17) is 19.6 Å². The molecule has 1 aliphatic rings. The maximum Gasteiger partial charge on any atom is 0.337 e. The zero-order valence-electron chi connectivity index (χ0n) is 21.0. The van der Waals surface area contributed by atoms with E-state index >= 15 is 0 Å². The SMILES string of the molecule is COC(=O)c1cccc(COc2ccc(-c3cnc4c(-c5nn[nH]n5)cnn4c3C3CCCCC3)cc2)c1. The van der Waals surface area contributed by atoms with Crippen LogP contribution in [-0.2, 0) is 11.3 Å². The van der Waals surface area contributed by atoms with Gasteiger partial charge in [0.05, 0.1) is 30.1 Å². The van der Waals surface area contributed by atoms with Crippen molar-refractivity contribution in [2.45, 2.75) is 44.6 Å². The first kappa shape index (κ1) is 23.8. The zero-order valence-corrected chi connectivity index (χ0v) is 21.0. The standard InChI is InChI=1S/C28H27N7O3/c1-37-28(36)21-9-5-6-18(14-21)17-38-22-12-10-19(11-13-22)23-15-29-27-24(26-31-33-34-32-26)16-30-35(27)25(23)20-7-3-2-4-8-20/h5-6,9-16,20H,2-4,7-8,17H2,1H3,(H,31,32,33,34). The van der Waals surface area contributed by atoms with Crippen LogP contribution in [0.15, 0.2) is 60.9 Å². The molecule has 1 saturated carbocycles. The third-order valence-corrected chi connectivity index (χ3v) is 7.06. The molecule has 0 atom stereocenters. The highest BCUT2D eigenvalue weighted by atomic mass is 16.5. The molecule has 0 amide bonds. The van der Waals surface area contributed by atoms with Gasteiger partial charge in [0.1, 0.15) is 12.4 Å². The Labute approximate surface area is 219 Å². The summed E-state index contributed by atoms with van der Waals surface area (Å²) in [5, 5.41) is 19.2. The summed E-state index contributed by atoms with van der Waals surface area (Å²) in [6, 6.07) is 15.3. The Morgan fingerprint density at radius 1 is 1.05 bits per heavy atom. The van der Waals surface area contributed by atoms with Gasteiger partial charge >= 0.3 is 5.97 Å². The lowest BCUT2D eigenvalue weighted by Crippen LogP contribution is -2.12. The summed E-state index contributed by atoms with van der Waals surface area (Å²) < 4.78 is 12.8. The summed E-state index contributed by atoms with van der Waals surface area (Å²) in [7, 11) is 1.37. The third-order valence-electron chi connectivity index (χ3n) is 7.06. The number of H-pyrrole nitrogens is 1. The van der Waals surface area contributed by atoms with Crippen molar-refractivity contribution in [3.8, 4) is 28.3 Å². The number of aromatic nitrogens is 7. The number of hydrogen-bond donors (Lipinski definition) is 1. The molecule has 0 radical (unpaired) electrons. The number of benzene rings is 2. The molecule has 0 aliphatic heterocycles. The summed E-state index contributed by atoms with van der Waals surface area (Å²) in [4.78, 5) is 16.6. The van der Waals surface area contributed by atoms with Crippen molar-refractivity contribution in [3.63, 3.8) is 0 Å². The molecule has 0 unspecified atom stereocenters. The lowest BCUT2D eigenvalue weighted by atomic mass is 9.84. The second-order valence-electron chi connectivity index (χ2n) is 9.43. The fourth-order valence-corrected chi connectivity index (χ4v) is 5.18. The fourth-order valence-electron chi connectivity index (χ4n) is 5.18. The van der Waals surface area contributed by atoms with Crippen molar-refractivity contribution >= 4 is 11.6 Å². The van der Waals surface area contributed by atoms with E-state index in [0.29, 0.717) is 23.9 Å². The number of nitrogens with zero attached hydrogens (tertiary/aromatic N) is 6. The minimum absolute atomic E-state index is 0.344. The number of rotatable bonds is 7. The third kappa shape index (κ3) is 4.60. The number of carbonyl (C=O) groups is 1. The van der Waals surface area contributed by atoms with Crippen LogP contribution >= 0.6 is 0 Å². The van der Waals surface area contributed by atoms with E-state index < -0.39 is 0 Å². The molecule has 3 heterocycles. The number of ether oxygens (including phenoxy) is 2. The van der Waals surface area contributed by atoms with Gasteiger partial charge < -0.3 is 9.47 Å². The number of esters is 1. The van der Waals surface area contributed by atoms with E-state index in [1.165, 1.54) is 26.4 Å². The highest BCUT2D eigenvalue weighted by Crippen LogP contribution is 2.39. The fraction of sp³-hybridized carbons (Fsp3) is 0.286. The van der Waals surface area contributed by atoms with Crippen LogP contribution in [0.1, 0.15) is 59.6 Å². The van der Waals surface area contributed by atoms with Gasteiger partial charge in [0.2, 0.25) is 5.82 Å². The van der Waals surface area contributed by atoms with Gasteiger partial charge in [-0.15, -0.1) is 10.2 Å². The molecule has 0 spiro atoms. The van der Waals surface area contributed by atoms with Gasteiger partial charge in [-0.3, -0.25) is 0 Å². The van der Waals surface area contributed by atoms with Crippen molar-refractivity contribution in [1.82, 2.24) is 35.2 Å². The first-order valence-corrected chi connectivity index (χ1v) is 12.7. The maximum absolute atomic E-state index is 11.8. The summed E-state index contributed by atoms with van der Waals surface area (Å²) in [6.07, 6.45) is 9.61. The number of aromatic amines is 1. The molecule has 5 aromatic rings. The maximum atomic E-state index is 11.8. The molecule has 1 aliphatic carbocycles. The van der Waals surface area contributed by atoms with E-state index in [9.17, 15) is 4.79 Å². The highest BCUT2D eigenvalue weighted by Gasteiger charge is 2.25. The van der Waals surface area contributed by atoms with Crippen LogP contribution in [0.5, 0.6) is 5.75 Å². The monoisotopic (exact) mass is 509 g/mol. The Morgan fingerprint density at radius 3 is 2.66 bits per heavy atom. The lowest BCUT2D eigenvalue weighted by molar-refractivity contribution is 0.0600. The Hall–Kier alpha value is -4.60. The minimum atomic E-state index is -0.364. The molecule has 1 N–H and O–H groups in total. The minimum Gasteiger partial charge on any atom is -0.489 e. The van der Waals surface area contributed by atoms with Crippen LogP contribution in [0, 0.1) is 0 Å². The van der Waals surface area contributed by atoms with Crippen molar-refractivity contribution in [1.29, 1.82) is 0 Å². The Kier molecular flexibility index (Phi) is 6.51. The first-order chi connectivity index (χ1) is 18.7. The van der Waals surface area contributed by atoms with Crippen LogP contribution in [0.4, 0.5) is 0 Å². The van der Waals surface area contributed by atoms with E-state index in [1.807, 2.05) is 35.0 Å². The molecule has 6 rings (SSSR count). The van der Waals surface area contributed by atoms with Crippen molar-refractivity contribution in [2.24, 2.45) is 0 Å². The summed E-state index contributed by atoms with van der Waals surface area (Å²) >= 11 is 0. The van der Waals surface area contributed by atoms with Crippen molar-refractivity contribution < 1.29 is 14.3 Å². The van der Waals surface area contributed by atoms with Crippen molar-refractivity contribution in [3.05, 3.63) is 77.7 Å². The zero-order chi connectivity index (χ0) is 25.9. The highest BCUT2D eigenvalue weighted by molar-refractivity contribution is 5.89. The van der Waals surface area contributed by atoms with E-state index in [0.717, 1.165) is 52.2 Å². The molecular weight excluding hydrogens is 482 g/mol. The predicted molar refractivity (Wildman–Crippen MR) is 140 cm³/mol. The van der Waals surface area contributed by atoms with Crippen LogP contribution in [-0.4, -0.2) is 48.3 Å². The van der Waals surface area contributed by atoms with Crippen LogP contribution in [0.25, 0.3) is 28.2 Å². The van der Waals surface area contributed by atoms with Gasteiger partial charge in [-0.2, -0.15) is 10.3 Å². The second kappa shape index (κ2) is 10.4. The number of carbonyl (C=O) groups excluding carboxylic acids is 1. The van der Waals surface area contributed by atoms with Gasteiger partial charge in [0.25, 0.3) is 0 Å². The second-order valence-corrected chi connectivity index (χ2v) is 9.43. The Morgan fingerprint density at radius 2 is 1.89 bits per heavy atom. The average Bonchev–Trinajstić information content (AvgIpc) is 3.66. The number of hydrogen-bond acceptors (Lipinski definition) is 8. The summed E-state index contributed by atoms with van der Waals surface area (Å²) in [6.45, 7) is 0.344. The summed E-state index contributed by atoms with van der Waals surface area (Å²) in [5.41, 5.74) is 6.15. The molecule has 10 nitrogen and oxygen atoms in total. The van der Waals surface area contributed by atoms with E-state index in [2.05, 4.69) is 32.8 Å². The number of methoxy groups -OCH3 is 1. The molecule has 192 valence electrons. The van der Waals surface area contributed by atoms with E-state index in [-0.39, 0.29) is 5.97 Å². The van der Waals surface area contributed by atoms with Gasteiger partial charge in [0.15, 0.2) is 5.65 Å². The molecular formula is C28H27N7O3. The van der Waals surface area contributed by atoms with E-state index in [1.54, 1.807) is 18.3 Å². The number of tetrazole rings is 1. The summed E-state index contributed by atoms with van der Waals surface area (Å²) in [5.74, 6) is 1.25. The van der Waals surface area contributed by atoms with Crippen molar-refractivity contribution in [2.75, 3.05) is 7.11 Å².